The van der Waals surface area contributed by atoms with Gasteiger partial charge in [-0.1, -0.05) is 0 Å². The second-order valence-corrected chi connectivity index (χ2v) is 29.2. The molecule has 104 heavy (non-hydrogen) atoms. The molecule has 0 radical (unpaired) electrons. The van der Waals surface area contributed by atoms with E-state index in [4.69, 9.17) is 0 Å². The Morgan fingerprint density at radius 2 is 0.240 bits per heavy atom. The van der Waals surface area contributed by atoms with Crippen molar-refractivity contribution in [3.63, 3.8) is 0 Å². The van der Waals surface area contributed by atoms with Gasteiger partial charge < -0.3 is 81.7 Å². The average molecular weight is 1480 g/mol. The largest absolute Gasteiger partial charge is 0.313 e. The Bertz CT molecular complexity index is 1770. The minimum Gasteiger partial charge on any atom is -0.313 e. The molecule has 0 saturated carbocycles. The van der Waals surface area contributed by atoms with Gasteiger partial charge in [-0.25, -0.2) is 0 Å². The average Bonchev–Trinajstić information content (AvgIpc) is 1.04. The highest BCUT2D eigenvalue weighted by atomic mass is 16.2. The summed E-state index contributed by atoms with van der Waals surface area (Å²) in [6.45, 7) is 42.3. The highest BCUT2D eigenvalue weighted by Gasteiger charge is 2.23. The van der Waals surface area contributed by atoms with E-state index in [-0.39, 0.29) is 46.3 Å². The molecular formula is C72H152N24O8. The first-order chi connectivity index (χ1) is 49.8. The van der Waals surface area contributed by atoms with E-state index in [1.54, 1.807) is 0 Å². The first-order valence-electron chi connectivity index (χ1n) is 38.3. The van der Waals surface area contributed by atoms with Crippen LogP contribution in [0.1, 0.15) is 0 Å². The monoisotopic (exact) mass is 1480 g/mol. The van der Waals surface area contributed by atoms with Gasteiger partial charge in [0.1, 0.15) is 0 Å². The number of nitrogens with one attached hydrogen (secondary N) is 8. The van der Waals surface area contributed by atoms with Gasteiger partial charge in [-0.3, -0.25) is 77.6 Å². The lowest BCUT2D eigenvalue weighted by Gasteiger charge is -2.31. The molecule has 8 aliphatic heterocycles. The molecule has 8 rings (SSSR count). The van der Waals surface area contributed by atoms with Crippen molar-refractivity contribution < 1.29 is 38.4 Å². The van der Waals surface area contributed by atoms with E-state index in [1.165, 1.54) is 0 Å². The summed E-state index contributed by atoms with van der Waals surface area (Å²) in [4.78, 5) is 126. The molecule has 0 bridgehead atoms. The Kier molecular flexibility index (Phi) is 58.8. The summed E-state index contributed by atoms with van der Waals surface area (Å²) in [5.74, 6) is 2.27. The lowest BCUT2D eigenvalue weighted by Crippen LogP contribution is -2.47. The normalized spacial score (nSPS) is 20.5. The number of nitrogens with zero attached hydrogens (tertiary/aromatic N) is 16. The Morgan fingerprint density at radius 3 is 0.308 bits per heavy atom. The summed E-state index contributed by atoms with van der Waals surface area (Å²) >= 11 is 0. The highest BCUT2D eigenvalue weighted by molar-refractivity contribution is 5.85. The van der Waals surface area contributed by atoms with E-state index < -0.39 is 0 Å². The number of hydrogen-bond donors (Lipinski definition) is 8. The molecule has 8 N–H and O–H groups in total. The second kappa shape index (κ2) is 62.2. The molecule has 0 aromatic heterocycles. The van der Waals surface area contributed by atoms with E-state index in [2.05, 4.69) is 177 Å². The number of Topliss-reactive ketones (excluding diaryl/α,β-unsaturated/α-hetero) is 8. The summed E-state index contributed by atoms with van der Waals surface area (Å²) in [5, 5.41) is 23.0. The third-order valence-corrected chi connectivity index (χ3v) is 19.0. The van der Waals surface area contributed by atoms with Gasteiger partial charge in [0.2, 0.25) is 0 Å². The zero-order valence-electron chi connectivity index (χ0n) is 68.4. The molecule has 8 saturated heterocycles. The molecule has 8 fully saturated rings. The third kappa shape index (κ3) is 53.3. The van der Waals surface area contributed by atoms with Gasteiger partial charge in [-0.05, 0) is 113 Å². The minimum atomic E-state index is 0.284. The second-order valence-electron chi connectivity index (χ2n) is 29.2. The summed E-state index contributed by atoms with van der Waals surface area (Å²) in [5.41, 5.74) is 0. The number of piperazine rings is 8. The van der Waals surface area contributed by atoms with Crippen LogP contribution in [0.5, 0.6) is 0 Å². The lowest BCUT2D eigenvalue weighted by molar-refractivity contribution is -0.120. The van der Waals surface area contributed by atoms with Crippen LogP contribution in [0.2, 0.25) is 0 Å². The van der Waals surface area contributed by atoms with Crippen molar-refractivity contribution in [2.75, 3.05) is 427 Å². The van der Waals surface area contributed by atoms with Crippen LogP contribution in [0.3, 0.4) is 0 Å². The molecule has 0 aliphatic carbocycles. The minimum absolute atomic E-state index is 0.284. The third-order valence-electron chi connectivity index (χ3n) is 19.0. The van der Waals surface area contributed by atoms with Gasteiger partial charge in [-0.15, -0.1) is 0 Å². The number of rotatable bonds is 32. The number of likely N-dealkylation sites (N-methyl/N-ethyl adjacent to an activating group) is 16. The number of hydrogen-bond acceptors (Lipinski definition) is 32. The molecule has 0 aromatic rings. The molecule has 0 unspecified atom stereocenters. The van der Waals surface area contributed by atoms with Crippen LogP contribution in [-0.4, -0.2) is 552 Å². The Hall–Kier alpha value is -3.60. The maximum absolute atomic E-state index is 11.3. The van der Waals surface area contributed by atoms with E-state index >= 15 is 0 Å². The van der Waals surface area contributed by atoms with Gasteiger partial charge in [0.05, 0.1) is 105 Å². The summed E-state index contributed by atoms with van der Waals surface area (Å²) < 4.78 is 0. The van der Waals surface area contributed by atoms with Crippen molar-refractivity contribution in [3.8, 4) is 0 Å². The molecule has 0 spiro atoms. The van der Waals surface area contributed by atoms with Crippen molar-refractivity contribution in [2.24, 2.45) is 0 Å². The summed E-state index contributed by atoms with van der Waals surface area (Å²) in [6.07, 6.45) is 0. The molecule has 0 atom stereocenters. The Morgan fingerprint density at radius 1 is 0.163 bits per heavy atom. The van der Waals surface area contributed by atoms with Crippen molar-refractivity contribution in [2.45, 2.75) is 0 Å². The predicted molar refractivity (Wildman–Crippen MR) is 423 cm³/mol. The van der Waals surface area contributed by atoms with E-state index in [1.807, 2.05) is 56.4 Å². The van der Waals surface area contributed by atoms with Gasteiger partial charge in [-0.2, -0.15) is 0 Å². The van der Waals surface area contributed by atoms with Crippen LogP contribution in [0, 0.1) is 0 Å². The van der Waals surface area contributed by atoms with E-state index in [0.29, 0.717) is 105 Å². The fraction of sp³-hybridized carbons (Fsp3) is 0.889. The number of ketones is 8. The fourth-order valence-electron chi connectivity index (χ4n) is 12.1. The SMILES string of the molecule is CNCC(=O)CN1CCN(C)CC1.CNCC(=O)CN1CCN(C)CC1.CNCC(=O)CN1CCN(C)CC1.CNCC(=O)CN1CCN(C)CC1.CNCC(=O)CN1CCN(C)CC1.CNCC(=O)CN1CCN(C)CC1.CNCC(=O)CN1CCN(C)CC1.CNCC(=O)CN1CCN(C)CC1. The summed E-state index contributed by atoms with van der Waals surface area (Å²) in [6, 6.07) is 0. The molecule has 0 amide bonds. The van der Waals surface area contributed by atoms with E-state index in [9.17, 15) is 38.4 Å². The van der Waals surface area contributed by atoms with Crippen LogP contribution in [0.25, 0.3) is 0 Å². The quantitative estimate of drug-likeness (QED) is 0.0311. The van der Waals surface area contributed by atoms with Crippen LogP contribution in [0.4, 0.5) is 0 Å². The van der Waals surface area contributed by atoms with E-state index in [0.717, 1.165) is 209 Å². The van der Waals surface area contributed by atoms with Crippen LogP contribution < -0.4 is 42.5 Å². The Labute approximate surface area is 629 Å². The maximum Gasteiger partial charge on any atom is 0.160 e. The molecule has 32 nitrogen and oxygen atoms in total. The summed E-state index contributed by atoms with van der Waals surface area (Å²) in [7, 11) is 31.4. The molecule has 32 heteroatoms. The zero-order valence-corrected chi connectivity index (χ0v) is 68.4. The van der Waals surface area contributed by atoms with Gasteiger partial charge >= 0.3 is 0 Å². The van der Waals surface area contributed by atoms with Crippen molar-refractivity contribution in [3.05, 3.63) is 0 Å². The molecule has 608 valence electrons. The van der Waals surface area contributed by atoms with Gasteiger partial charge in [0.25, 0.3) is 0 Å². The first-order valence-corrected chi connectivity index (χ1v) is 38.3. The van der Waals surface area contributed by atoms with Crippen molar-refractivity contribution in [1.82, 2.24) is 121 Å². The van der Waals surface area contributed by atoms with Crippen LogP contribution >= 0.6 is 0 Å². The lowest BCUT2D eigenvalue weighted by atomic mass is 10.3. The standard InChI is InChI=1S/8C9H19N3O/c8*1-10-7-9(13)8-12-5-3-11(2)4-6-12/h8*10H,3-8H2,1-2H3. The van der Waals surface area contributed by atoms with Crippen molar-refractivity contribution in [1.29, 1.82) is 0 Å². The molecule has 8 heterocycles. The van der Waals surface area contributed by atoms with Crippen LogP contribution in [-0.2, 0) is 38.4 Å². The highest BCUT2D eigenvalue weighted by Crippen LogP contribution is 2.05. The smallest absolute Gasteiger partial charge is 0.160 e. The van der Waals surface area contributed by atoms with Gasteiger partial charge in [0, 0.05) is 209 Å². The Balaban J connectivity index is 0.000000594. The predicted octanol–water partition coefficient (Wildman–Crippen LogP) is -7.82. The molecular weight excluding hydrogens is 1330 g/mol. The zero-order chi connectivity index (χ0) is 77.5. The van der Waals surface area contributed by atoms with Gasteiger partial charge in [0.15, 0.2) is 46.3 Å². The topological polar surface area (TPSA) is 285 Å². The first kappa shape index (κ1) is 98.4. The molecule has 8 aliphatic rings. The fourth-order valence-corrected chi connectivity index (χ4v) is 12.1. The maximum atomic E-state index is 11.3. The molecule has 0 aromatic carbocycles. The number of carbonyl (C=O) groups is 8. The number of carbonyl (C=O) groups excluding carboxylic acids is 8. The van der Waals surface area contributed by atoms with Crippen LogP contribution in [0.15, 0.2) is 0 Å². The van der Waals surface area contributed by atoms with Crippen molar-refractivity contribution >= 4 is 46.3 Å².